The first-order valence-corrected chi connectivity index (χ1v) is 6.53. The van der Waals surface area contributed by atoms with Gasteiger partial charge in [-0.25, -0.2) is 0 Å². The Bertz CT molecular complexity index is 459. The average Bonchev–Trinajstić information content (AvgIpc) is 2.67. The minimum atomic E-state index is 0.228. The van der Waals surface area contributed by atoms with Crippen LogP contribution in [-0.4, -0.2) is 9.97 Å². The highest BCUT2D eigenvalue weighted by molar-refractivity contribution is 7.12. The van der Waals surface area contributed by atoms with Gasteiger partial charge in [0.2, 0.25) is 0 Å². The molecule has 0 fully saturated rings. The molecule has 0 spiro atoms. The number of thiophene rings is 1. The molecule has 90 valence electrons. The minimum Gasteiger partial charge on any atom is -0.304 e. The van der Waals surface area contributed by atoms with Crippen LogP contribution in [0.2, 0.25) is 0 Å². The summed E-state index contributed by atoms with van der Waals surface area (Å²) in [4.78, 5) is 11.1. The summed E-state index contributed by atoms with van der Waals surface area (Å²) in [7, 11) is 0. The molecule has 0 saturated heterocycles. The molecular weight excluding hydrogens is 230 g/mol. The van der Waals surface area contributed by atoms with Gasteiger partial charge in [0, 0.05) is 40.9 Å². The number of rotatable bonds is 4. The fraction of sp³-hybridized carbons (Fsp3) is 0.385. The maximum atomic E-state index is 4.29. The number of aromatic nitrogens is 2. The van der Waals surface area contributed by atoms with Crippen LogP contribution in [-0.2, 0) is 6.54 Å². The molecule has 2 rings (SSSR count). The van der Waals surface area contributed by atoms with Crippen molar-refractivity contribution >= 4 is 11.3 Å². The molecule has 2 aromatic heterocycles. The van der Waals surface area contributed by atoms with E-state index in [9.17, 15) is 0 Å². The van der Waals surface area contributed by atoms with E-state index >= 15 is 0 Å². The Morgan fingerprint density at radius 1 is 1.35 bits per heavy atom. The summed E-state index contributed by atoms with van der Waals surface area (Å²) in [5.74, 6) is 0. The summed E-state index contributed by atoms with van der Waals surface area (Å²) in [6, 6.07) is 2.47. The Labute approximate surface area is 106 Å². The highest BCUT2D eigenvalue weighted by Gasteiger charge is 2.07. The molecule has 0 aliphatic rings. The largest absolute Gasteiger partial charge is 0.304 e. The number of aryl methyl sites for hydroxylation is 2. The monoisotopic (exact) mass is 247 g/mol. The van der Waals surface area contributed by atoms with E-state index < -0.39 is 0 Å². The summed E-state index contributed by atoms with van der Waals surface area (Å²) in [6.45, 7) is 7.31. The van der Waals surface area contributed by atoms with Gasteiger partial charge in [-0.3, -0.25) is 9.97 Å². The van der Waals surface area contributed by atoms with Crippen molar-refractivity contribution in [2.45, 2.75) is 33.4 Å². The summed E-state index contributed by atoms with van der Waals surface area (Å²) in [5.41, 5.74) is 2.36. The molecule has 0 aromatic carbocycles. The number of nitrogens with zero attached hydrogens (tertiary/aromatic N) is 2. The Kier molecular flexibility index (Phi) is 3.86. The molecule has 2 heterocycles. The van der Waals surface area contributed by atoms with Crippen molar-refractivity contribution in [3.63, 3.8) is 0 Å². The Morgan fingerprint density at radius 2 is 2.18 bits per heavy atom. The van der Waals surface area contributed by atoms with Gasteiger partial charge in [-0.2, -0.15) is 0 Å². The van der Waals surface area contributed by atoms with Crippen LogP contribution in [0.15, 0.2) is 24.7 Å². The molecular formula is C13H17N3S. The van der Waals surface area contributed by atoms with Crippen molar-refractivity contribution < 1.29 is 0 Å². The van der Waals surface area contributed by atoms with E-state index in [1.54, 1.807) is 12.4 Å². The predicted molar refractivity (Wildman–Crippen MR) is 71.1 cm³/mol. The molecule has 17 heavy (non-hydrogen) atoms. The SMILES string of the molecule is Cc1cc(CNC(C)c2cnccn2)sc1C. The van der Waals surface area contributed by atoms with Crippen molar-refractivity contribution in [2.75, 3.05) is 0 Å². The number of hydrogen-bond acceptors (Lipinski definition) is 4. The molecule has 0 amide bonds. The first-order valence-electron chi connectivity index (χ1n) is 5.72. The molecule has 4 heteroatoms. The summed E-state index contributed by atoms with van der Waals surface area (Å²) < 4.78 is 0. The van der Waals surface area contributed by atoms with Crippen LogP contribution in [0, 0.1) is 13.8 Å². The van der Waals surface area contributed by atoms with E-state index in [2.05, 4.69) is 42.1 Å². The second kappa shape index (κ2) is 5.38. The normalized spacial score (nSPS) is 12.6. The van der Waals surface area contributed by atoms with Crippen LogP contribution >= 0.6 is 11.3 Å². The Morgan fingerprint density at radius 3 is 2.76 bits per heavy atom. The third-order valence-electron chi connectivity index (χ3n) is 2.83. The van der Waals surface area contributed by atoms with Gasteiger partial charge in [0.1, 0.15) is 0 Å². The highest BCUT2D eigenvalue weighted by atomic mass is 32.1. The zero-order valence-electron chi connectivity index (χ0n) is 10.4. The lowest BCUT2D eigenvalue weighted by Crippen LogP contribution is -2.18. The first kappa shape index (κ1) is 12.2. The van der Waals surface area contributed by atoms with Crippen molar-refractivity contribution in [1.29, 1.82) is 0 Å². The van der Waals surface area contributed by atoms with Crippen LogP contribution in [0.25, 0.3) is 0 Å². The van der Waals surface area contributed by atoms with Gasteiger partial charge in [-0.05, 0) is 32.4 Å². The van der Waals surface area contributed by atoms with E-state index in [1.165, 1.54) is 15.3 Å². The van der Waals surface area contributed by atoms with Crippen molar-refractivity contribution in [2.24, 2.45) is 0 Å². The van der Waals surface area contributed by atoms with Gasteiger partial charge in [-0.1, -0.05) is 0 Å². The van der Waals surface area contributed by atoms with E-state index in [1.807, 2.05) is 17.5 Å². The minimum absolute atomic E-state index is 0.228. The van der Waals surface area contributed by atoms with Crippen molar-refractivity contribution in [3.8, 4) is 0 Å². The first-order chi connectivity index (χ1) is 8.16. The van der Waals surface area contributed by atoms with E-state index in [0.717, 1.165) is 12.2 Å². The van der Waals surface area contributed by atoms with Crippen LogP contribution < -0.4 is 5.32 Å². The fourth-order valence-corrected chi connectivity index (χ4v) is 2.63. The zero-order valence-corrected chi connectivity index (χ0v) is 11.2. The number of nitrogens with one attached hydrogen (secondary N) is 1. The van der Waals surface area contributed by atoms with Gasteiger partial charge in [0.25, 0.3) is 0 Å². The quantitative estimate of drug-likeness (QED) is 0.902. The fourth-order valence-electron chi connectivity index (χ4n) is 1.63. The second-order valence-corrected chi connectivity index (χ2v) is 5.53. The van der Waals surface area contributed by atoms with Gasteiger partial charge < -0.3 is 5.32 Å². The van der Waals surface area contributed by atoms with E-state index in [-0.39, 0.29) is 6.04 Å². The maximum absolute atomic E-state index is 4.29. The van der Waals surface area contributed by atoms with Gasteiger partial charge in [0.15, 0.2) is 0 Å². The third-order valence-corrected chi connectivity index (χ3v) is 3.98. The molecule has 0 bridgehead atoms. The van der Waals surface area contributed by atoms with E-state index in [4.69, 9.17) is 0 Å². The van der Waals surface area contributed by atoms with Gasteiger partial charge in [-0.15, -0.1) is 11.3 Å². The van der Waals surface area contributed by atoms with Gasteiger partial charge >= 0.3 is 0 Å². The van der Waals surface area contributed by atoms with Crippen LogP contribution in [0.3, 0.4) is 0 Å². The molecule has 1 N–H and O–H groups in total. The summed E-state index contributed by atoms with van der Waals surface area (Å²) >= 11 is 1.85. The third kappa shape index (κ3) is 3.11. The average molecular weight is 247 g/mol. The molecule has 0 radical (unpaired) electrons. The predicted octanol–water partition coefficient (Wildman–Crippen LogP) is 3.01. The van der Waals surface area contributed by atoms with Crippen molar-refractivity contribution in [1.82, 2.24) is 15.3 Å². The van der Waals surface area contributed by atoms with Crippen LogP contribution in [0.1, 0.15) is 34.0 Å². The molecule has 1 atom stereocenters. The second-order valence-electron chi connectivity index (χ2n) is 4.18. The lowest BCUT2D eigenvalue weighted by molar-refractivity contribution is 0.563. The molecule has 1 unspecified atom stereocenters. The Hall–Kier alpha value is -1.26. The summed E-state index contributed by atoms with van der Waals surface area (Å²) in [5, 5.41) is 3.46. The molecule has 0 saturated carbocycles. The standard InChI is InChI=1S/C13H17N3S/c1-9-6-12(17-11(9)3)7-16-10(2)13-8-14-4-5-15-13/h4-6,8,10,16H,7H2,1-3H3. The topological polar surface area (TPSA) is 37.8 Å². The van der Waals surface area contributed by atoms with E-state index in [0.29, 0.717) is 0 Å². The van der Waals surface area contributed by atoms with Gasteiger partial charge in [0.05, 0.1) is 5.69 Å². The summed E-state index contributed by atoms with van der Waals surface area (Å²) in [6.07, 6.45) is 5.23. The lowest BCUT2D eigenvalue weighted by atomic mass is 10.2. The van der Waals surface area contributed by atoms with Crippen LogP contribution in [0.5, 0.6) is 0 Å². The maximum Gasteiger partial charge on any atom is 0.0753 e. The Balaban J connectivity index is 1.94. The molecule has 2 aromatic rings. The smallest absolute Gasteiger partial charge is 0.0753 e. The molecule has 0 aliphatic carbocycles. The molecule has 0 aliphatic heterocycles. The highest BCUT2D eigenvalue weighted by Crippen LogP contribution is 2.21. The van der Waals surface area contributed by atoms with Crippen LogP contribution in [0.4, 0.5) is 0 Å². The number of hydrogen-bond donors (Lipinski definition) is 1. The molecule has 3 nitrogen and oxygen atoms in total. The zero-order chi connectivity index (χ0) is 12.3. The lowest BCUT2D eigenvalue weighted by Gasteiger charge is -2.11. The van der Waals surface area contributed by atoms with Crippen molar-refractivity contribution in [3.05, 3.63) is 45.7 Å².